The number of rotatable bonds is 4. The molecule has 13 rings (SSSR count). The summed E-state index contributed by atoms with van der Waals surface area (Å²) in [5.41, 5.74) is 11.6. The summed E-state index contributed by atoms with van der Waals surface area (Å²) >= 11 is 3.79. The number of fused-ring (bicyclic) bond motifs is 14. The van der Waals surface area contributed by atoms with E-state index in [4.69, 9.17) is 4.98 Å². The van der Waals surface area contributed by atoms with Crippen LogP contribution in [0.25, 0.3) is 118 Å². The molecule has 13 aromatic rings. The van der Waals surface area contributed by atoms with Gasteiger partial charge in [0.25, 0.3) is 0 Å². The molecule has 0 fully saturated rings. The molecule has 0 saturated carbocycles. The number of hydrogen-bond donors (Lipinski definition) is 0. The van der Waals surface area contributed by atoms with Crippen molar-refractivity contribution in [2.24, 2.45) is 0 Å². The molecule has 0 aliphatic heterocycles. The summed E-state index contributed by atoms with van der Waals surface area (Å²) < 4.78 is 10.2. The average molecular weight is 774 g/mol. The number of para-hydroxylation sites is 2. The molecule has 0 atom stereocenters. The van der Waals surface area contributed by atoms with E-state index in [0.717, 1.165) is 33.6 Å². The van der Waals surface area contributed by atoms with Crippen molar-refractivity contribution in [3.05, 3.63) is 188 Å². The molecule has 0 N–H and O–H groups in total. The van der Waals surface area contributed by atoms with Gasteiger partial charge in [-0.3, -0.25) is 4.98 Å². The summed E-state index contributed by atoms with van der Waals surface area (Å²) in [6, 6.07) is 64.5. The Kier molecular flexibility index (Phi) is 6.76. The minimum Gasteiger partial charge on any atom is -0.309 e. The van der Waals surface area contributed by atoms with Crippen LogP contribution in [0.15, 0.2) is 188 Å². The molecule has 5 heterocycles. The quantitative estimate of drug-likeness (QED) is 0.175. The molecular weight excluding hydrogens is 743 g/mol. The van der Waals surface area contributed by atoms with Gasteiger partial charge in [-0.1, -0.05) is 109 Å². The molecule has 0 amide bonds. The molecule has 5 heteroatoms. The van der Waals surface area contributed by atoms with Crippen LogP contribution in [-0.2, 0) is 0 Å². The van der Waals surface area contributed by atoms with Gasteiger partial charge in [-0.2, -0.15) is 0 Å². The summed E-state index contributed by atoms with van der Waals surface area (Å²) in [7, 11) is 0. The van der Waals surface area contributed by atoms with E-state index in [1.807, 2.05) is 35.1 Å². The van der Waals surface area contributed by atoms with Gasteiger partial charge in [0.1, 0.15) is 0 Å². The van der Waals surface area contributed by atoms with E-state index >= 15 is 0 Å². The van der Waals surface area contributed by atoms with E-state index in [1.165, 1.54) is 84.0 Å². The maximum absolute atomic E-state index is 4.82. The number of aromatic nitrogens is 3. The fourth-order valence-corrected chi connectivity index (χ4v) is 11.9. The number of hydrogen-bond acceptors (Lipinski definition) is 3. The van der Waals surface area contributed by atoms with Gasteiger partial charge in [0.2, 0.25) is 0 Å². The van der Waals surface area contributed by atoms with Gasteiger partial charge in [0, 0.05) is 96.8 Å². The highest BCUT2D eigenvalue weighted by molar-refractivity contribution is 7.27. The highest BCUT2D eigenvalue weighted by Gasteiger charge is 2.19. The van der Waals surface area contributed by atoms with Crippen LogP contribution in [-0.4, -0.2) is 14.1 Å². The van der Waals surface area contributed by atoms with Crippen LogP contribution in [0.4, 0.5) is 0 Å². The summed E-state index contributed by atoms with van der Waals surface area (Å²) in [6.07, 6.45) is 3.98. The van der Waals surface area contributed by atoms with Crippen LogP contribution in [0.3, 0.4) is 0 Å². The first-order valence-electron chi connectivity index (χ1n) is 19.6. The van der Waals surface area contributed by atoms with Crippen molar-refractivity contribution >= 4 is 107 Å². The Labute approximate surface area is 340 Å². The zero-order valence-corrected chi connectivity index (χ0v) is 32.7. The third-order valence-corrected chi connectivity index (χ3v) is 14.4. The Morgan fingerprint density at radius 2 is 0.776 bits per heavy atom. The number of thiophene rings is 2. The Morgan fingerprint density at radius 1 is 0.328 bits per heavy atom. The molecule has 0 bridgehead atoms. The fourth-order valence-electron chi connectivity index (χ4n) is 9.43. The summed E-state index contributed by atoms with van der Waals surface area (Å²) in [4.78, 5) is 4.82. The van der Waals surface area contributed by atoms with Crippen molar-refractivity contribution < 1.29 is 0 Å². The summed E-state index contributed by atoms with van der Waals surface area (Å²) in [5.74, 6) is 0. The maximum atomic E-state index is 4.82. The van der Waals surface area contributed by atoms with Crippen molar-refractivity contribution in [2.75, 3.05) is 0 Å². The van der Waals surface area contributed by atoms with Crippen LogP contribution < -0.4 is 0 Å². The van der Waals surface area contributed by atoms with Crippen molar-refractivity contribution in [3.63, 3.8) is 0 Å². The minimum atomic E-state index is 1.08. The highest BCUT2D eigenvalue weighted by Crippen LogP contribution is 2.45. The lowest BCUT2D eigenvalue weighted by Gasteiger charge is -2.12. The fraction of sp³-hybridized carbons (Fsp3) is 0. The van der Waals surface area contributed by atoms with Gasteiger partial charge in [0.15, 0.2) is 0 Å². The van der Waals surface area contributed by atoms with Gasteiger partial charge in [0.05, 0.1) is 22.1 Å². The molecule has 270 valence electrons. The molecular formula is C53H31N3S2. The predicted octanol–water partition coefficient (Wildman–Crippen LogP) is 15.3. The molecule has 0 radical (unpaired) electrons. The molecule has 8 aromatic carbocycles. The lowest BCUT2D eigenvalue weighted by atomic mass is 10.0. The van der Waals surface area contributed by atoms with E-state index in [2.05, 4.69) is 185 Å². The molecule has 0 spiro atoms. The number of nitrogens with zero attached hydrogens (tertiary/aromatic N) is 3. The number of benzene rings is 8. The molecule has 3 nitrogen and oxygen atoms in total. The van der Waals surface area contributed by atoms with Crippen molar-refractivity contribution in [1.29, 1.82) is 0 Å². The maximum Gasteiger partial charge on any atom is 0.0555 e. The first-order chi connectivity index (χ1) is 28.8. The highest BCUT2D eigenvalue weighted by atomic mass is 32.1. The van der Waals surface area contributed by atoms with Gasteiger partial charge >= 0.3 is 0 Å². The van der Waals surface area contributed by atoms with Crippen molar-refractivity contribution in [1.82, 2.24) is 14.1 Å². The molecule has 0 aliphatic rings. The third-order valence-electron chi connectivity index (χ3n) is 12.0. The largest absolute Gasteiger partial charge is 0.309 e. The smallest absolute Gasteiger partial charge is 0.0555 e. The zero-order chi connectivity index (χ0) is 37.9. The van der Waals surface area contributed by atoms with Crippen molar-refractivity contribution in [2.45, 2.75) is 0 Å². The lowest BCUT2D eigenvalue weighted by molar-refractivity contribution is 1.18. The standard InChI is InChI=1S/C53H31N3S2/c1-5-19-44-42(17-1)50-46(25-23-40-38-15-3-7-21-48(38)57-52(40)50)55(44)36-13-9-11-32(28-36)34-27-35(31-54-30-34)33-12-10-14-37(29-33)56-45-20-6-2-18-43(45)51-47(56)26-24-41-39-16-4-8-22-49(39)58-53(41)51/h1-31H. The Hall–Kier alpha value is -7.05. The first-order valence-corrected chi connectivity index (χ1v) is 21.2. The van der Waals surface area contributed by atoms with E-state index in [9.17, 15) is 0 Å². The Bertz CT molecular complexity index is 3570. The topological polar surface area (TPSA) is 22.8 Å². The van der Waals surface area contributed by atoms with Crippen molar-refractivity contribution in [3.8, 4) is 33.6 Å². The normalized spacial score (nSPS) is 12.1. The zero-order valence-electron chi connectivity index (χ0n) is 31.1. The summed E-state index contributed by atoms with van der Waals surface area (Å²) in [6.45, 7) is 0. The van der Waals surface area contributed by atoms with Crippen LogP contribution in [0.5, 0.6) is 0 Å². The molecule has 5 aromatic heterocycles. The van der Waals surface area contributed by atoms with E-state index in [-0.39, 0.29) is 0 Å². The SMILES string of the molecule is c1cc(-c2cncc(-c3cccc(-n4c5ccccc5c5c6sc7ccccc7c6ccc54)c3)c2)cc(-n2c3ccccc3c3c4sc5ccccc5c4ccc32)c1. The second-order valence-corrected chi connectivity index (χ2v) is 17.2. The monoisotopic (exact) mass is 773 g/mol. The van der Waals surface area contributed by atoms with Gasteiger partial charge in [-0.25, -0.2) is 0 Å². The Balaban J connectivity index is 0.933. The molecule has 0 aliphatic carbocycles. The predicted molar refractivity (Wildman–Crippen MR) is 250 cm³/mol. The van der Waals surface area contributed by atoms with Crippen LogP contribution >= 0.6 is 22.7 Å². The molecule has 0 saturated heterocycles. The molecule has 58 heavy (non-hydrogen) atoms. The van der Waals surface area contributed by atoms with Gasteiger partial charge in [-0.05, 0) is 77.9 Å². The minimum absolute atomic E-state index is 1.08. The summed E-state index contributed by atoms with van der Waals surface area (Å²) in [5, 5.41) is 10.5. The Morgan fingerprint density at radius 3 is 1.28 bits per heavy atom. The number of pyridine rings is 1. The van der Waals surface area contributed by atoms with E-state index < -0.39 is 0 Å². The van der Waals surface area contributed by atoms with E-state index in [1.54, 1.807) is 0 Å². The van der Waals surface area contributed by atoms with Gasteiger partial charge < -0.3 is 9.13 Å². The lowest BCUT2D eigenvalue weighted by Crippen LogP contribution is -1.95. The average Bonchev–Trinajstić information content (AvgIpc) is 4.04. The first kappa shape index (κ1) is 32.1. The molecule has 0 unspecified atom stereocenters. The second kappa shape index (κ2) is 12.2. The van der Waals surface area contributed by atoms with Crippen LogP contribution in [0.1, 0.15) is 0 Å². The van der Waals surface area contributed by atoms with Crippen LogP contribution in [0, 0.1) is 0 Å². The third kappa shape index (κ3) is 4.57. The van der Waals surface area contributed by atoms with Gasteiger partial charge in [-0.15, -0.1) is 22.7 Å². The van der Waals surface area contributed by atoms with E-state index in [0.29, 0.717) is 0 Å². The van der Waals surface area contributed by atoms with Crippen LogP contribution in [0.2, 0.25) is 0 Å². The second-order valence-electron chi connectivity index (χ2n) is 15.1.